The van der Waals surface area contributed by atoms with Gasteiger partial charge >= 0.3 is 0 Å². The lowest BCUT2D eigenvalue weighted by atomic mass is 10.00. The molecule has 0 fully saturated rings. The summed E-state index contributed by atoms with van der Waals surface area (Å²) in [7, 11) is 0. The summed E-state index contributed by atoms with van der Waals surface area (Å²) in [5.74, 6) is 3.11. The van der Waals surface area contributed by atoms with Gasteiger partial charge in [-0.3, -0.25) is 4.48 Å². The number of hydrogen-bond donors (Lipinski definition) is 0. The number of benzene rings is 1. The number of terminal acetylenes is 1. The molecule has 154 valence electrons. The molecule has 0 aliphatic heterocycles. The zero-order valence-electron chi connectivity index (χ0n) is 17.9. The van der Waals surface area contributed by atoms with Crippen molar-refractivity contribution in [1.29, 1.82) is 0 Å². The van der Waals surface area contributed by atoms with Gasteiger partial charge in [-0.1, -0.05) is 57.7 Å². The number of unbranched alkanes of at least 4 members (excludes halogenated alkanes) is 6. The molecular weight excluding hydrogens is 465 g/mol. The van der Waals surface area contributed by atoms with Crippen LogP contribution in [-0.4, -0.2) is 21.6 Å². The number of aryl methyl sites for hydroxylation is 2. The van der Waals surface area contributed by atoms with Crippen LogP contribution >= 0.6 is 22.6 Å². The van der Waals surface area contributed by atoms with E-state index >= 15 is 0 Å². The minimum absolute atomic E-state index is 0. The molecule has 1 rings (SSSR count). The highest BCUT2D eigenvalue weighted by Crippen LogP contribution is 2.29. The summed E-state index contributed by atoms with van der Waals surface area (Å²) in [6.45, 7) is 12.6. The highest BCUT2D eigenvalue weighted by atomic mass is 127. The van der Waals surface area contributed by atoms with Gasteiger partial charge in [-0.15, -0.1) is 6.42 Å². The summed E-state index contributed by atoms with van der Waals surface area (Å²) in [6.07, 6.45) is 16.4. The standard InChI is InChI=1S/C24H39IN.ClH/c1-6-9-11-13-18-26(24(25)8-3,19-14-12-10-7-2)20-23-21(4)16-15-17-22(23)5;/h3,15-17,24H,6-7,9-14,18-20H2,1-2,4-5H3;1H/q+1;/p-1. The summed E-state index contributed by atoms with van der Waals surface area (Å²) in [6, 6.07) is 6.68. The monoisotopic (exact) mass is 503 g/mol. The van der Waals surface area contributed by atoms with Gasteiger partial charge < -0.3 is 12.4 Å². The molecule has 0 aromatic heterocycles. The Morgan fingerprint density at radius 2 is 1.41 bits per heavy atom. The molecule has 0 N–H and O–H groups in total. The lowest BCUT2D eigenvalue weighted by molar-refractivity contribution is -0.940. The molecule has 27 heavy (non-hydrogen) atoms. The number of rotatable bonds is 13. The van der Waals surface area contributed by atoms with Crippen LogP contribution < -0.4 is 12.4 Å². The van der Waals surface area contributed by atoms with Gasteiger partial charge in [0.15, 0.2) is 0 Å². The Kier molecular flexibility index (Phi) is 14.6. The van der Waals surface area contributed by atoms with Crippen molar-refractivity contribution in [1.82, 2.24) is 0 Å². The van der Waals surface area contributed by atoms with E-state index in [1.165, 1.54) is 81.1 Å². The van der Waals surface area contributed by atoms with Gasteiger partial charge in [0.1, 0.15) is 6.54 Å². The van der Waals surface area contributed by atoms with E-state index in [0.717, 1.165) is 11.0 Å². The van der Waals surface area contributed by atoms with Crippen molar-refractivity contribution in [3.05, 3.63) is 34.9 Å². The van der Waals surface area contributed by atoms with E-state index in [0.29, 0.717) is 0 Å². The highest BCUT2D eigenvalue weighted by Gasteiger charge is 2.34. The zero-order valence-corrected chi connectivity index (χ0v) is 20.8. The number of alkyl halides is 1. The largest absolute Gasteiger partial charge is 1.00 e. The summed E-state index contributed by atoms with van der Waals surface area (Å²) < 4.78 is 1.30. The molecule has 1 nitrogen and oxygen atoms in total. The number of hydrogen-bond acceptors (Lipinski definition) is 0. The lowest BCUT2D eigenvalue weighted by Gasteiger charge is -2.42. The normalized spacial score (nSPS) is 12.3. The van der Waals surface area contributed by atoms with E-state index in [4.69, 9.17) is 6.42 Å². The first kappa shape index (κ1) is 26.8. The Morgan fingerprint density at radius 1 is 0.926 bits per heavy atom. The van der Waals surface area contributed by atoms with Crippen LogP contribution in [0.3, 0.4) is 0 Å². The van der Waals surface area contributed by atoms with Crippen molar-refractivity contribution in [2.24, 2.45) is 0 Å². The van der Waals surface area contributed by atoms with E-state index in [1.807, 2.05) is 0 Å². The lowest BCUT2D eigenvalue weighted by Crippen LogP contribution is -3.00. The third kappa shape index (κ3) is 8.75. The van der Waals surface area contributed by atoms with Crippen molar-refractivity contribution in [2.75, 3.05) is 13.1 Å². The van der Waals surface area contributed by atoms with Gasteiger partial charge in [-0.05, 0) is 56.6 Å². The summed E-state index contributed by atoms with van der Waals surface area (Å²) in [5.41, 5.74) is 4.33. The minimum Gasteiger partial charge on any atom is -1.00 e. The van der Waals surface area contributed by atoms with Crippen LogP contribution in [0.2, 0.25) is 0 Å². The van der Waals surface area contributed by atoms with Crippen molar-refractivity contribution < 1.29 is 16.9 Å². The molecule has 0 heterocycles. The average molecular weight is 504 g/mol. The van der Waals surface area contributed by atoms with Gasteiger partial charge in [-0.25, -0.2) is 0 Å². The smallest absolute Gasteiger partial charge is 0.200 e. The van der Waals surface area contributed by atoms with Crippen LogP contribution in [-0.2, 0) is 6.54 Å². The fourth-order valence-electron chi connectivity index (χ4n) is 3.86. The fourth-order valence-corrected chi connectivity index (χ4v) is 4.61. The molecule has 1 aromatic carbocycles. The maximum absolute atomic E-state index is 5.98. The van der Waals surface area contributed by atoms with E-state index in [1.54, 1.807) is 0 Å². The first-order valence-electron chi connectivity index (χ1n) is 10.5. The Morgan fingerprint density at radius 3 is 1.81 bits per heavy atom. The zero-order chi connectivity index (χ0) is 19.4. The second-order valence-corrected chi connectivity index (χ2v) is 9.00. The predicted molar refractivity (Wildman–Crippen MR) is 125 cm³/mol. The molecule has 1 atom stereocenters. The van der Waals surface area contributed by atoms with Gasteiger partial charge in [0.05, 0.1) is 13.1 Å². The maximum Gasteiger partial charge on any atom is 0.200 e. The first-order chi connectivity index (χ1) is 12.5. The summed E-state index contributed by atoms with van der Waals surface area (Å²) >= 11 is 2.53. The van der Waals surface area contributed by atoms with E-state index in [-0.39, 0.29) is 16.5 Å². The van der Waals surface area contributed by atoms with Gasteiger partial charge in [0.25, 0.3) is 0 Å². The second kappa shape index (κ2) is 14.7. The molecule has 0 aliphatic rings. The van der Waals surface area contributed by atoms with Crippen molar-refractivity contribution >= 4 is 22.6 Å². The van der Waals surface area contributed by atoms with E-state index in [9.17, 15) is 0 Å². The van der Waals surface area contributed by atoms with Gasteiger partial charge in [0.2, 0.25) is 4.05 Å². The van der Waals surface area contributed by atoms with Crippen LogP contribution in [0, 0.1) is 26.2 Å². The Labute approximate surface area is 188 Å². The van der Waals surface area contributed by atoms with Crippen LogP contribution in [0.25, 0.3) is 0 Å². The molecule has 0 spiro atoms. The predicted octanol–water partition coefficient (Wildman–Crippen LogP) is 4.18. The SMILES string of the molecule is C#CC(I)[N+](CCCCCC)(CCCCCC)Cc1c(C)cccc1C.[Cl-]. The molecular formula is C24H39ClIN. The third-order valence-corrected chi connectivity index (χ3v) is 7.19. The number of nitrogens with zero attached hydrogens (tertiary/aromatic N) is 1. The molecule has 0 aliphatic carbocycles. The third-order valence-electron chi connectivity index (χ3n) is 5.65. The number of halogens is 2. The maximum atomic E-state index is 5.98. The minimum atomic E-state index is 0. The van der Waals surface area contributed by atoms with Crippen LogP contribution in [0.5, 0.6) is 0 Å². The Hall–Kier alpha value is -0.240. The summed E-state index contributed by atoms with van der Waals surface area (Å²) in [4.78, 5) is 0. The molecule has 0 saturated heterocycles. The Bertz CT molecular complexity index is 532. The van der Waals surface area contributed by atoms with Crippen molar-refractivity contribution in [3.63, 3.8) is 0 Å². The molecule has 0 saturated carbocycles. The number of quaternary nitrogens is 1. The molecule has 1 aromatic rings. The van der Waals surface area contributed by atoms with E-state index in [2.05, 4.69) is 74.4 Å². The Balaban J connectivity index is 0.00000676. The fraction of sp³-hybridized carbons (Fsp3) is 0.667. The molecule has 0 bridgehead atoms. The van der Waals surface area contributed by atoms with Crippen molar-refractivity contribution in [3.8, 4) is 12.3 Å². The first-order valence-corrected chi connectivity index (χ1v) is 11.8. The molecule has 0 amide bonds. The van der Waals surface area contributed by atoms with Crippen LogP contribution in [0.1, 0.15) is 81.9 Å². The highest BCUT2D eigenvalue weighted by molar-refractivity contribution is 14.1. The van der Waals surface area contributed by atoms with Crippen molar-refractivity contribution in [2.45, 2.75) is 89.7 Å². The van der Waals surface area contributed by atoms with E-state index < -0.39 is 0 Å². The second-order valence-electron chi connectivity index (χ2n) is 7.82. The van der Waals surface area contributed by atoms with Gasteiger partial charge in [0, 0.05) is 28.2 Å². The molecule has 1 unspecified atom stereocenters. The van der Waals surface area contributed by atoms with Gasteiger partial charge in [-0.2, -0.15) is 0 Å². The molecule has 0 radical (unpaired) electrons. The topological polar surface area (TPSA) is 0 Å². The molecule has 3 heteroatoms. The average Bonchev–Trinajstić information content (AvgIpc) is 2.64. The summed E-state index contributed by atoms with van der Waals surface area (Å²) in [5, 5.41) is 0. The van der Waals surface area contributed by atoms with Crippen LogP contribution in [0.4, 0.5) is 0 Å². The quantitative estimate of drug-likeness (QED) is 0.0946. The van der Waals surface area contributed by atoms with Crippen LogP contribution in [0.15, 0.2) is 18.2 Å².